The molecule has 0 aromatic heterocycles. The molecule has 0 aliphatic carbocycles. The highest BCUT2D eigenvalue weighted by Gasteiger charge is 2.33. The summed E-state index contributed by atoms with van der Waals surface area (Å²) < 4.78 is 9.85. The largest absolute Gasteiger partial charge is 0.462 e. The lowest BCUT2D eigenvalue weighted by molar-refractivity contribution is -0.164. The molecule has 5 nitrogen and oxygen atoms in total. The number of esters is 1. The summed E-state index contributed by atoms with van der Waals surface area (Å²) in [5.74, 6) is -1.37. The smallest absolute Gasteiger partial charge is 0.396 e. The third-order valence-corrected chi connectivity index (χ3v) is 2.56. The Labute approximate surface area is 89.3 Å². The average molecular weight is 215 g/mol. The highest BCUT2D eigenvalue weighted by molar-refractivity contribution is 6.32. The molecule has 1 amide bonds. The number of hydrogen-bond donors (Lipinski definition) is 0. The van der Waals surface area contributed by atoms with Crippen molar-refractivity contribution in [3.05, 3.63) is 0 Å². The van der Waals surface area contributed by atoms with Gasteiger partial charge in [-0.15, -0.1) is 0 Å². The van der Waals surface area contributed by atoms with Gasteiger partial charge in [-0.3, -0.25) is 4.79 Å². The zero-order valence-electron chi connectivity index (χ0n) is 9.36. The van der Waals surface area contributed by atoms with E-state index in [2.05, 4.69) is 4.74 Å². The number of nitrogens with zero attached hydrogens (tertiary/aromatic N) is 1. The first-order valence-electron chi connectivity index (χ1n) is 5.10. The molecular formula is C10H17NO4. The van der Waals surface area contributed by atoms with E-state index < -0.39 is 11.9 Å². The number of methoxy groups -OCH3 is 1. The normalized spacial score (nSPS) is 26.2. The van der Waals surface area contributed by atoms with Crippen LogP contribution in [0.2, 0.25) is 0 Å². The molecule has 1 aliphatic rings. The molecule has 0 aromatic rings. The number of hydrogen-bond acceptors (Lipinski definition) is 4. The van der Waals surface area contributed by atoms with Gasteiger partial charge in [-0.25, -0.2) is 4.79 Å². The van der Waals surface area contributed by atoms with E-state index in [1.165, 1.54) is 7.11 Å². The van der Waals surface area contributed by atoms with Crippen molar-refractivity contribution in [2.45, 2.75) is 32.4 Å². The van der Waals surface area contributed by atoms with Gasteiger partial charge in [0, 0.05) is 6.54 Å². The van der Waals surface area contributed by atoms with Gasteiger partial charge in [0.2, 0.25) is 0 Å². The number of amides is 1. The minimum atomic E-state index is -0.803. The van der Waals surface area contributed by atoms with Gasteiger partial charge in [-0.05, 0) is 13.3 Å². The Morgan fingerprint density at radius 1 is 1.53 bits per heavy atom. The Balaban J connectivity index is 2.70. The SMILES string of the molecule is CCC1COC(C)CN1C(=O)C(=O)OC. The van der Waals surface area contributed by atoms with Crippen LogP contribution in [-0.4, -0.2) is 49.2 Å². The maximum Gasteiger partial charge on any atom is 0.396 e. The summed E-state index contributed by atoms with van der Waals surface area (Å²) in [6.07, 6.45) is 0.747. The van der Waals surface area contributed by atoms with Crippen molar-refractivity contribution >= 4 is 11.9 Å². The lowest BCUT2D eigenvalue weighted by atomic mass is 10.1. The summed E-state index contributed by atoms with van der Waals surface area (Å²) in [7, 11) is 1.21. The van der Waals surface area contributed by atoms with Crippen LogP contribution in [0.5, 0.6) is 0 Å². The average Bonchev–Trinajstić information content (AvgIpc) is 2.27. The Bertz CT molecular complexity index is 254. The molecule has 2 atom stereocenters. The molecule has 0 N–H and O–H groups in total. The van der Waals surface area contributed by atoms with Crippen LogP contribution < -0.4 is 0 Å². The minimum absolute atomic E-state index is 0.0206. The first kappa shape index (κ1) is 12.0. The third kappa shape index (κ3) is 2.68. The van der Waals surface area contributed by atoms with Crippen LogP contribution >= 0.6 is 0 Å². The van der Waals surface area contributed by atoms with E-state index >= 15 is 0 Å². The van der Waals surface area contributed by atoms with Gasteiger partial charge in [-0.1, -0.05) is 6.92 Å². The van der Waals surface area contributed by atoms with E-state index in [4.69, 9.17) is 4.74 Å². The quantitative estimate of drug-likeness (QED) is 0.462. The maximum atomic E-state index is 11.6. The minimum Gasteiger partial charge on any atom is -0.462 e. The highest BCUT2D eigenvalue weighted by atomic mass is 16.5. The van der Waals surface area contributed by atoms with Gasteiger partial charge < -0.3 is 14.4 Å². The third-order valence-electron chi connectivity index (χ3n) is 2.56. The fourth-order valence-electron chi connectivity index (χ4n) is 1.64. The molecule has 86 valence electrons. The lowest BCUT2D eigenvalue weighted by Crippen LogP contribution is -2.53. The molecule has 1 heterocycles. The predicted molar refractivity (Wildman–Crippen MR) is 53.2 cm³/mol. The van der Waals surface area contributed by atoms with Gasteiger partial charge in [-0.2, -0.15) is 0 Å². The lowest BCUT2D eigenvalue weighted by Gasteiger charge is -2.37. The maximum absolute atomic E-state index is 11.6. The molecule has 0 radical (unpaired) electrons. The number of rotatable bonds is 1. The molecule has 0 spiro atoms. The summed E-state index contributed by atoms with van der Waals surface area (Å²) in [5.41, 5.74) is 0. The topological polar surface area (TPSA) is 55.8 Å². The van der Waals surface area contributed by atoms with E-state index in [9.17, 15) is 9.59 Å². The molecular weight excluding hydrogens is 198 g/mol. The van der Waals surface area contributed by atoms with Crippen LogP contribution in [0.25, 0.3) is 0 Å². The fourth-order valence-corrected chi connectivity index (χ4v) is 1.64. The van der Waals surface area contributed by atoms with Gasteiger partial charge in [0.15, 0.2) is 0 Å². The Kier molecular flexibility index (Phi) is 4.08. The molecule has 1 aliphatic heterocycles. The van der Waals surface area contributed by atoms with E-state index in [1.807, 2.05) is 13.8 Å². The monoisotopic (exact) mass is 215 g/mol. The number of carbonyl (C=O) groups excluding carboxylic acids is 2. The summed E-state index contributed by atoms with van der Waals surface area (Å²) in [6.45, 7) is 4.78. The first-order chi connectivity index (χ1) is 7.10. The summed E-state index contributed by atoms with van der Waals surface area (Å²) in [6, 6.07) is -0.0206. The molecule has 1 saturated heterocycles. The van der Waals surface area contributed by atoms with Crippen molar-refractivity contribution in [1.29, 1.82) is 0 Å². The molecule has 1 fully saturated rings. The Morgan fingerprint density at radius 3 is 2.73 bits per heavy atom. The number of carbonyl (C=O) groups is 2. The fraction of sp³-hybridized carbons (Fsp3) is 0.800. The second kappa shape index (κ2) is 5.11. The van der Waals surface area contributed by atoms with Crippen molar-refractivity contribution in [2.75, 3.05) is 20.3 Å². The van der Waals surface area contributed by atoms with E-state index in [0.29, 0.717) is 13.2 Å². The molecule has 0 saturated carbocycles. The zero-order valence-corrected chi connectivity index (χ0v) is 9.36. The second-order valence-electron chi connectivity index (χ2n) is 3.66. The summed E-state index contributed by atoms with van der Waals surface area (Å²) >= 11 is 0. The second-order valence-corrected chi connectivity index (χ2v) is 3.66. The Morgan fingerprint density at radius 2 is 2.20 bits per heavy atom. The molecule has 15 heavy (non-hydrogen) atoms. The van der Waals surface area contributed by atoms with Gasteiger partial charge in [0.1, 0.15) is 0 Å². The van der Waals surface area contributed by atoms with Crippen molar-refractivity contribution in [2.24, 2.45) is 0 Å². The van der Waals surface area contributed by atoms with Crippen molar-refractivity contribution < 1.29 is 19.1 Å². The van der Waals surface area contributed by atoms with Crippen molar-refractivity contribution in [3.63, 3.8) is 0 Å². The van der Waals surface area contributed by atoms with Gasteiger partial charge in [0.05, 0.1) is 25.9 Å². The van der Waals surface area contributed by atoms with Crippen LogP contribution in [0.1, 0.15) is 20.3 Å². The van der Waals surface area contributed by atoms with Gasteiger partial charge >= 0.3 is 11.9 Å². The molecule has 0 aromatic carbocycles. The highest BCUT2D eigenvalue weighted by Crippen LogP contribution is 2.14. The Hall–Kier alpha value is -1.10. The van der Waals surface area contributed by atoms with Crippen LogP contribution in [0.3, 0.4) is 0 Å². The van der Waals surface area contributed by atoms with E-state index in [0.717, 1.165) is 6.42 Å². The van der Waals surface area contributed by atoms with E-state index in [-0.39, 0.29) is 12.1 Å². The molecule has 1 rings (SSSR count). The standard InChI is InChI=1S/C10H17NO4/c1-4-8-6-15-7(2)5-11(8)9(12)10(13)14-3/h7-8H,4-6H2,1-3H3. The van der Waals surface area contributed by atoms with Crippen molar-refractivity contribution in [3.8, 4) is 0 Å². The molecule has 2 unspecified atom stereocenters. The van der Waals surface area contributed by atoms with Crippen LogP contribution in [0.4, 0.5) is 0 Å². The first-order valence-corrected chi connectivity index (χ1v) is 5.10. The predicted octanol–water partition coefficient (Wildman–Crippen LogP) is 0.185. The molecule has 0 bridgehead atoms. The van der Waals surface area contributed by atoms with Crippen LogP contribution in [0, 0.1) is 0 Å². The summed E-state index contributed by atoms with van der Waals surface area (Å²) in [4.78, 5) is 24.3. The molecule has 5 heteroatoms. The van der Waals surface area contributed by atoms with Crippen LogP contribution in [-0.2, 0) is 19.1 Å². The zero-order chi connectivity index (χ0) is 11.4. The van der Waals surface area contributed by atoms with Crippen molar-refractivity contribution in [1.82, 2.24) is 4.90 Å². The number of morpholine rings is 1. The van der Waals surface area contributed by atoms with Crippen LogP contribution in [0.15, 0.2) is 0 Å². The summed E-state index contributed by atoms with van der Waals surface area (Å²) in [5, 5.41) is 0. The van der Waals surface area contributed by atoms with E-state index in [1.54, 1.807) is 4.90 Å². The van der Waals surface area contributed by atoms with Gasteiger partial charge in [0.25, 0.3) is 0 Å². The number of ether oxygens (including phenoxy) is 2.